The van der Waals surface area contributed by atoms with E-state index in [0.29, 0.717) is 0 Å². The van der Waals surface area contributed by atoms with Crippen LogP contribution in [0.5, 0.6) is 11.5 Å². The molecule has 6 heteroatoms. The molecule has 0 radical (unpaired) electrons. The van der Waals surface area contributed by atoms with Gasteiger partial charge in [-0.15, -0.1) is 0 Å². The number of methoxy groups -OCH3 is 2. The van der Waals surface area contributed by atoms with Crippen molar-refractivity contribution < 1.29 is 14.2 Å². The normalized spacial score (nSPS) is 15.4. The van der Waals surface area contributed by atoms with Gasteiger partial charge < -0.3 is 24.4 Å². The molecule has 2 rings (SSSR count). The number of rotatable bonds is 10. The van der Waals surface area contributed by atoms with Crippen LogP contribution in [0.4, 0.5) is 0 Å². The van der Waals surface area contributed by atoms with Crippen LogP contribution in [0.3, 0.4) is 0 Å². The van der Waals surface area contributed by atoms with Crippen LogP contribution in [-0.2, 0) is 11.2 Å². The molecule has 1 aromatic carbocycles. The number of ether oxygens (including phenoxy) is 3. The average Bonchev–Trinajstić information content (AvgIpc) is 2.74. The molecule has 1 aromatic rings. The summed E-state index contributed by atoms with van der Waals surface area (Å²) < 4.78 is 16.1. The molecule has 0 amide bonds. The molecule has 158 valence electrons. The van der Waals surface area contributed by atoms with Gasteiger partial charge in [0.25, 0.3) is 0 Å². The van der Waals surface area contributed by atoms with Crippen molar-refractivity contribution >= 4 is 5.96 Å². The Bertz CT molecular complexity index is 601. The molecule has 0 aromatic heterocycles. The topological polar surface area (TPSA) is 55.3 Å². The van der Waals surface area contributed by atoms with Gasteiger partial charge in [-0.2, -0.15) is 0 Å². The Labute approximate surface area is 170 Å². The average molecular weight is 392 g/mol. The first kappa shape index (κ1) is 22.3. The zero-order chi connectivity index (χ0) is 20.2. The Morgan fingerprint density at radius 3 is 2.64 bits per heavy atom. The van der Waals surface area contributed by atoms with Crippen LogP contribution in [0, 0.1) is 5.92 Å². The van der Waals surface area contributed by atoms with Crippen molar-refractivity contribution in [1.82, 2.24) is 10.2 Å². The van der Waals surface area contributed by atoms with Crippen LogP contribution in [0.1, 0.15) is 38.2 Å². The standard InChI is InChI=1S/C22H37N3O3/c1-5-23-22(25(2)14-10-18-11-15-28-16-12-18)24-13-6-7-19-8-9-20(26-3)21(17-19)27-4/h8-9,17-18H,5-7,10-16H2,1-4H3,(H,23,24). The Hall–Kier alpha value is -1.95. The molecular formula is C22H37N3O3. The van der Waals surface area contributed by atoms with Gasteiger partial charge in [-0.05, 0) is 62.6 Å². The third kappa shape index (κ3) is 7.23. The fourth-order valence-corrected chi connectivity index (χ4v) is 3.49. The molecule has 0 atom stereocenters. The summed E-state index contributed by atoms with van der Waals surface area (Å²) in [6.45, 7) is 6.67. The molecule has 0 spiro atoms. The Kier molecular flexibility index (Phi) is 9.97. The fourth-order valence-electron chi connectivity index (χ4n) is 3.49. The molecule has 28 heavy (non-hydrogen) atoms. The summed E-state index contributed by atoms with van der Waals surface area (Å²) in [5.74, 6) is 3.33. The Morgan fingerprint density at radius 2 is 1.96 bits per heavy atom. The van der Waals surface area contributed by atoms with Crippen molar-refractivity contribution in [2.75, 3.05) is 54.1 Å². The summed E-state index contributed by atoms with van der Waals surface area (Å²) in [5.41, 5.74) is 1.24. The number of aliphatic imine (C=N–C) groups is 1. The lowest BCUT2D eigenvalue weighted by Gasteiger charge is -2.26. The van der Waals surface area contributed by atoms with Gasteiger partial charge in [0.1, 0.15) is 0 Å². The first-order valence-electron chi connectivity index (χ1n) is 10.5. The molecule has 6 nitrogen and oxygen atoms in total. The highest BCUT2D eigenvalue weighted by Crippen LogP contribution is 2.28. The zero-order valence-corrected chi connectivity index (χ0v) is 18.0. The Morgan fingerprint density at radius 1 is 1.21 bits per heavy atom. The van der Waals surface area contributed by atoms with Gasteiger partial charge in [0, 0.05) is 39.9 Å². The van der Waals surface area contributed by atoms with Crippen molar-refractivity contribution in [2.24, 2.45) is 10.9 Å². The number of nitrogens with one attached hydrogen (secondary N) is 1. The highest BCUT2D eigenvalue weighted by atomic mass is 16.5. The van der Waals surface area contributed by atoms with E-state index in [-0.39, 0.29) is 0 Å². The number of benzene rings is 1. The predicted octanol–water partition coefficient (Wildman–Crippen LogP) is 3.35. The van der Waals surface area contributed by atoms with Crippen LogP contribution in [-0.4, -0.2) is 65.0 Å². The van der Waals surface area contributed by atoms with Crippen molar-refractivity contribution in [3.63, 3.8) is 0 Å². The Balaban J connectivity index is 1.81. The van der Waals surface area contributed by atoms with Crippen LogP contribution in [0.2, 0.25) is 0 Å². The van der Waals surface area contributed by atoms with Crippen molar-refractivity contribution in [2.45, 2.75) is 39.0 Å². The molecular weight excluding hydrogens is 354 g/mol. The molecule has 0 bridgehead atoms. The van der Waals surface area contributed by atoms with E-state index >= 15 is 0 Å². The minimum atomic E-state index is 0.768. The first-order valence-corrected chi connectivity index (χ1v) is 10.5. The minimum Gasteiger partial charge on any atom is -0.493 e. The fraction of sp³-hybridized carbons (Fsp3) is 0.682. The minimum absolute atomic E-state index is 0.768. The van der Waals surface area contributed by atoms with Crippen LogP contribution >= 0.6 is 0 Å². The molecule has 1 aliphatic heterocycles. The monoisotopic (exact) mass is 391 g/mol. The second kappa shape index (κ2) is 12.5. The van der Waals surface area contributed by atoms with E-state index in [1.165, 1.54) is 24.8 Å². The van der Waals surface area contributed by atoms with E-state index in [2.05, 4.69) is 30.3 Å². The molecule has 0 aliphatic carbocycles. The number of aryl methyl sites for hydroxylation is 1. The van der Waals surface area contributed by atoms with Gasteiger partial charge in [-0.25, -0.2) is 0 Å². The van der Waals surface area contributed by atoms with Gasteiger partial charge in [0.05, 0.1) is 14.2 Å². The number of hydrogen-bond acceptors (Lipinski definition) is 4. The summed E-state index contributed by atoms with van der Waals surface area (Å²) in [5, 5.41) is 3.42. The molecule has 1 aliphatic rings. The summed E-state index contributed by atoms with van der Waals surface area (Å²) in [7, 11) is 5.47. The predicted molar refractivity (Wildman–Crippen MR) is 115 cm³/mol. The summed E-state index contributed by atoms with van der Waals surface area (Å²) in [6, 6.07) is 6.11. The van der Waals surface area contributed by atoms with Gasteiger partial charge in [0.2, 0.25) is 0 Å². The zero-order valence-electron chi connectivity index (χ0n) is 18.0. The summed E-state index contributed by atoms with van der Waals surface area (Å²) >= 11 is 0. The maximum absolute atomic E-state index is 5.46. The molecule has 1 N–H and O–H groups in total. The number of nitrogens with zero attached hydrogens (tertiary/aromatic N) is 2. The molecule has 1 fully saturated rings. The van der Waals surface area contributed by atoms with Gasteiger partial charge in [0.15, 0.2) is 17.5 Å². The number of guanidine groups is 1. The summed E-state index contributed by atoms with van der Waals surface area (Å²) in [4.78, 5) is 7.08. The van der Waals surface area contributed by atoms with Gasteiger partial charge in [-0.1, -0.05) is 6.07 Å². The van der Waals surface area contributed by atoms with E-state index in [1.807, 2.05) is 12.1 Å². The molecule has 1 saturated heterocycles. The van der Waals surface area contributed by atoms with E-state index in [0.717, 1.165) is 69.1 Å². The number of hydrogen-bond donors (Lipinski definition) is 1. The second-order valence-electron chi connectivity index (χ2n) is 7.29. The highest BCUT2D eigenvalue weighted by Gasteiger charge is 2.15. The second-order valence-corrected chi connectivity index (χ2v) is 7.29. The lowest BCUT2D eigenvalue weighted by Crippen LogP contribution is -2.40. The first-order chi connectivity index (χ1) is 13.7. The van der Waals surface area contributed by atoms with Gasteiger partial charge in [-0.3, -0.25) is 4.99 Å². The lowest BCUT2D eigenvalue weighted by molar-refractivity contribution is 0.0625. The summed E-state index contributed by atoms with van der Waals surface area (Å²) in [6.07, 6.45) is 5.54. The quantitative estimate of drug-likeness (QED) is 0.377. The van der Waals surface area contributed by atoms with E-state index in [4.69, 9.17) is 19.2 Å². The van der Waals surface area contributed by atoms with E-state index in [1.54, 1.807) is 14.2 Å². The van der Waals surface area contributed by atoms with Crippen molar-refractivity contribution in [1.29, 1.82) is 0 Å². The maximum Gasteiger partial charge on any atom is 0.193 e. The third-order valence-electron chi connectivity index (χ3n) is 5.24. The highest BCUT2D eigenvalue weighted by molar-refractivity contribution is 5.79. The van der Waals surface area contributed by atoms with Crippen LogP contribution < -0.4 is 14.8 Å². The third-order valence-corrected chi connectivity index (χ3v) is 5.24. The van der Waals surface area contributed by atoms with Gasteiger partial charge >= 0.3 is 0 Å². The largest absolute Gasteiger partial charge is 0.493 e. The lowest BCUT2D eigenvalue weighted by atomic mass is 9.96. The van der Waals surface area contributed by atoms with Crippen molar-refractivity contribution in [3.05, 3.63) is 23.8 Å². The van der Waals surface area contributed by atoms with Crippen molar-refractivity contribution in [3.8, 4) is 11.5 Å². The molecule has 1 heterocycles. The molecule has 0 saturated carbocycles. The maximum atomic E-state index is 5.46. The SMILES string of the molecule is CCNC(=NCCCc1ccc(OC)c(OC)c1)N(C)CCC1CCOCC1. The van der Waals surface area contributed by atoms with E-state index in [9.17, 15) is 0 Å². The smallest absolute Gasteiger partial charge is 0.193 e. The molecule has 0 unspecified atom stereocenters. The van der Waals surface area contributed by atoms with E-state index < -0.39 is 0 Å². The van der Waals surface area contributed by atoms with Crippen LogP contribution in [0.15, 0.2) is 23.2 Å². The van der Waals surface area contributed by atoms with Crippen LogP contribution in [0.25, 0.3) is 0 Å².